The van der Waals surface area contributed by atoms with Crippen molar-refractivity contribution in [3.8, 4) is 5.75 Å². The van der Waals surface area contributed by atoms with Crippen molar-refractivity contribution < 1.29 is 15.0 Å². The molecular formula is C18H24N2O3S. The van der Waals surface area contributed by atoms with Crippen LogP contribution in [0.5, 0.6) is 5.75 Å². The number of benzene rings is 1. The van der Waals surface area contributed by atoms with Crippen LogP contribution in [0.3, 0.4) is 0 Å². The summed E-state index contributed by atoms with van der Waals surface area (Å²) in [6, 6.07) is 7.03. The van der Waals surface area contributed by atoms with Crippen LogP contribution in [0, 0.1) is 6.92 Å². The lowest BCUT2D eigenvalue weighted by atomic mass is 9.75. The maximum atomic E-state index is 11.0. The van der Waals surface area contributed by atoms with Gasteiger partial charge in [0.2, 0.25) is 0 Å². The number of phenols is 1. The number of carboxylic acid groups (broad SMARTS) is 1. The van der Waals surface area contributed by atoms with E-state index in [9.17, 15) is 9.90 Å². The minimum Gasteiger partial charge on any atom is -0.506 e. The number of carbonyl (C=O) groups is 1. The van der Waals surface area contributed by atoms with Crippen LogP contribution >= 0.6 is 11.3 Å². The lowest BCUT2D eigenvalue weighted by Crippen LogP contribution is -2.27. The number of nitrogens with zero attached hydrogens (tertiary/aromatic N) is 1. The molecule has 0 radical (unpaired) electrons. The summed E-state index contributed by atoms with van der Waals surface area (Å²) in [7, 11) is 0. The van der Waals surface area contributed by atoms with E-state index in [1.807, 2.05) is 13.0 Å². The Morgan fingerprint density at radius 1 is 1.29 bits per heavy atom. The number of para-hydroxylation sites is 2. The number of hydrogen-bond donors (Lipinski definition) is 3. The van der Waals surface area contributed by atoms with Gasteiger partial charge in [-0.3, -0.25) is 4.79 Å². The van der Waals surface area contributed by atoms with Gasteiger partial charge < -0.3 is 15.5 Å². The molecule has 0 saturated heterocycles. The highest BCUT2D eigenvalue weighted by molar-refractivity contribution is 7.15. The van der Waals surface area contributed by atoms with Crippen LogP contribution in [0.1, 0.15) is 50.1 Å². The number of aromatic hydroxyl groups is 1. The second kappa shape index (κ2) is 7.66. The summed E-state index contributed by atoms with van der Waals surface area (Å²) in [5, 5.41) is 22.8. The first kappa shape index (κ1) is 18.3. The lowest BCUT2D eigenvalue weighted by Gasteiger charge is -2.30. The van der Waals surface area contributed by atoms with Crippen LogP contribution in [0.2, 0.25) is 0 Å². The van der Waals surface area contributed by atoms with Gasteiger partial charge in [0.05, 0.1) is 11.4 Å². The van der Waals surface area contributed by atoms with E-state index in [0.717, 1.165) is 23.4 Å². The molecule has 5 nitrogen and oxygen atoms in total. The third-order valence-corrected chi connectivity index (χ3v) is 5.50. The minimum atomic E-state index is -0.776. The van der Waals surface area contributed by atoms with E-state index in [1.54, 1.807) is 18.2 Å². The number of phenolic OH excluding ortho intramolecular Hbond substituents is 1. The molecule has 1 heterocycles. The number of hydrogen-bond acceptors (Lipinski definition) is 5. The van der Waals surface area contributed by atoms with Crippen LogP contribution in [-0.4, -0.2) is 21.2 Å². The number of carboxylic acids is 1. The van der Waals surface area contributed by atoms with Crippen molar-refractivity contribution >= 4 is 28.1 Å². The first-order chi connectivity index (χ1) is 11.4. The van der Waals surface area contributed by atoms with Crippen LogP contribution in [0.25, 0.3) is 0 Å². The summed E-state index contributed by atoms with van der Waals surface area (Å²) in [5.74, 6) is -0.600. The summed E-state index contributed by atoms with van der Waals surface area (Å²) in [4.78, 5) is 16.8. The topological polar surface area (TPSA) is 82.5 Å². The van der Waals surface area contributed by atoms with E-state index < -0.39 is 5.97 Å². The van der Waals surface area contributed by atoms with Crippen molar-refractivity contribution in [2.75, 3.05) is 5.32 Å². The average Bonchev–Trinajstić information content (AvgIpc) is 2.92. The second-order valence-corrected chi connectivity index (χ2v) is 7.15. The number of thiazole rings is 1. The van der Waals surface area contributed by atoms with Gasteiger partial charge >= 0.3 is 5.97 Å². The zero-order valence-electron chi connectivity index (χ0n) is 14.3. The SMILES string of the molecule is CCC(CC)(CCC(=O)O)c1nc(Nc2ccccc2O)sc1C. The van der Waals surface area contributed by atoms with Crippen LogP contribution in [-0.2, 0) is 10.2 Å². The van der Waals surface area contributed by atoms with Crippen molar-refractivity contribution in [2.24, 2.45) is 0 Å². The molecule has 0 bridgehead atoms. The van der Waals surface area contributed by atoms with Crippen molar-refractivity contribution in [2.45, 2.75) is 51.9 Å². The number of aliphatic carboxylic acids is 1. The predicted molar refractivity (Wildman–Crippen MR) is 97.4 cm³/mol. The number of anilines is 2. The van der Waals surface area contributed by atoms with Gasteiger partial charge in [0.1, 0.15) is 5.75 Å². The van der Waals surface area contributed by atoms with E-state index >= 15 is 0 Å². The van der Waals surface area contributed by atoms with Gasteiger partial charge in [0.15, 0.2) is 5.13 Å². The molecule has 1 aromatic heterocycles. The Morgan fingerprint density at radius 2 is 1.96 bits per heavy atom. The van der Waals surface area contributed by atoms with Crippen LogP contribution < -0.4 is 5.32 Å². The van der Waals surface area contributed by atoms with Crippen molar-refractivity contribution in [1.29, 1.82) is 0 Å². The lowest BCUT2D eigenvalue weighted by molar-refractivity contribution is -0.137. The standard InChI is InChI=1S/C18H24N2O3S/c1-4-18(5-2,11-10-15(22)23)16-12(3)24-17(20-16)19-13-8-6-7-9-14(13)21/h6-9,21H,4-5,10-11H2,1-3H3,(H,19,20)(H,22,23). The summed E-state index contributed by atoms with van der Waals surface area (Å²) < 4.78 is 0. The monoisotopic (exact) mass is 348 g/mol. The zero-order chi connectivity index (χ0) is 17.7. The number of rotatable bonds is 8. The molecule has 0 atom stereocenters. The quantitative estimate of drug-likeness (QED) is 0.596. The van der Waals surface area contributed by atoms with Gasteiger partial charge in [0.25, 0.3) is 0 Å². The summed E-state index contributed by atoms with van der Waals surface area (Å²) in [6.45, 7) is 6.18. The molecule has 0 aliphatic heterocycles. The van der Waals surface area contributed by atoms with Crippen molar-refractivity contribution in [3.05, 3.63) is 34.8 Å². The largest absolute Gasteiger partial charge is 0.506 e. The molecule has 3 N–H and O–H groups in total. The third kappa shape index (κ3) is 3.87. The van der Waals surface area contributed by atoms with Gasteiger partial charge in [-0.25, -0.2) is 4.98 Å². The second-order valence-electron chi connectivity index (χ2n) is 5.95. The van der Waals surface area contributed by atoms with Gasteiger partial charge in [0, 0.05) is 16.7 Å². The normalized spacial score (nSPS) is 11.5. The fraction of sp³-hybridized carbons (Fsp3) is 0.444. The summed E-state index contributed by atoms with van der Waals surface area (Å²) in [6.07, 6.45) is 2.41. The Kier molecular flexibility index (Phi) is 5.83. The molecule has 2 rings (SSSR count). The molecular weight excluding hydrogens is 324 g/mol. The van der Waals surface area contributed by atoms with Gasteiger partial charge in [-0.2, -0.15) is 0 Å². The fourth-order valence-electron chi connectivity index (χ4n) is 3.04. The molecule has 24 heavy (non-hydrogen) atoms. The molecule has 0 spiro atoms. The Morgan fingerprint density at radius 3 is 2.54 bits per heavy atom. The van der Waals surface area contributed by atoms with Gasteiger partial charge in [-0.15, -0.1) is 11.3 Å². The summed E-state index contributed by atoms with van der Waals surface area (Å²) in [5.41, 5.74) is 1.36. The molecule has 0 aliphatic rings. The third-order valence-electron chi connectivity index (χ3n) is 4.62. The predicted octanol–water partition coefficient (Wildman–Crippen LogP) is 4.82. The molecule has 2 aromatic rings. The molecule has 0 saturated carbocycles. The Balaban J connectivity index is 2.31. The van der Waals surface area contributed by atoms with Crippen LogP contribution in [0.15, 0.2) is 24.3 Å². The first-order valence-electron chi connectivity index (χ1n) is 8.16. The van der Waals surface area contributed by atoms with E-state index in [-0.39, 0.29) is 17.6 Å². The van der Waals surface area contributed by atoms with Crippen molar-refractivity contribution in [3.63, 3.8) is 0 Å². The molecule has 0 fully saturated rings. The zero-order valence-corrected chi connectivity index (χ0v) is 15.1. The maximum Gasteiger partial charge on any atom is 0.303 e. The number of aromatic nitrogens is 1. The van der Waals surface area contributed by atoms with E-state index in [4.69, 9.17) is 10.1 Å². The average molecular weight is 348 g/mol. The molecule has 6 heteroatoms. The molecule has 1 aromatic carbocycles. The van der Waals surface area contributed by atoms with Crippen molar-refractivity contribution in [1.82, 2.24) is 4.98 Å². The summed E-state index contributed by atoms with van der Waals surface area (Å²) >= 11 is 1.53. The fourth-order valence-corrected chi connectivity index (χ4v) is 3.99. The minimum absolute atomic E-state index is 0.140. The van der Waals surface area contributed by atoms with E-state index in [1.165, 1.54) is 11.3 Å². The first-order valence-corrected chi connectivity index (χ1v) is 8.98. The highest BCUT2D eigenvalue weighted by atomic mass is 32.1. The Bertz CT molecular complexity index is 708. The maximum absolute atomic E-state index is 11.0. The number of aryl methyl sites for hydroxylation is 1. The number of nitrogens with one attached hydrogen (secondary N) is 1. The van der Waals surface area contributed by atoms with E-state index in [2.05, 4.69) is 19.2 Å². The van der Waals surface area contributed by atoms with Crippen LogP contribution in [0.4, 0.5) is 10.8 Å². The Labute approximate surface area is 146 Å². The molecule has 0 unspecified atom stereocenters. The molecule has 0 aliphatic carbocycles. The van der Waals surface area contributed by atoms with Gasteiger partial charge in [-0.05, 0) is 38.3 Å². The smallest absolute Gasteiger partial charge is 0.303 e. The molecule has 0 amide bonds. The highest BCUT2D eigenvalue weighted by Gasteiger charge is 2.33. The Hall–Kier alpha value is -2.08. The van der Waals surface area contributed by atoms with Gasteiger partial charge in [-0.1, -0.05) is 26.0 Å². The highest BCUT2D eigenvalue weighted by Crippen LogP contribution is 2.41. The molecule has 130 valence electrons. The van der Waals surface area contributed by atoms with E-state index in [0.29, 0.717) is 17.2 Å².